The van der Waals surface area contributed by atoms with E-state index in [1.54, 1.807) is 0 Å². The predicted molar refractivity (Wildman–Crippen MR) is 90.8 cm³/mol. The van der Waals surface area contributed by atoms with Gasteiger partial charge in [-0.25, -0.2) is 4.79 Å². The van der Waals surface area contributed by atoms with Gasteiger partial charge in [-0.15, -0.1) is 0 Å². The molecule has 144 valence electrons. The number of aryl methyl sites for hydroxylation is 1. The number of hydrogen-bond donors (Lipinski definition) is 1. The number of halogens is 4. The highest BCUT2D eigenvalue weighted by Crippen LogP contribution is 2.33. The maximum Gasteiger partial charge on any atom is 0.416 e. The van der Waals surface area contributed by atoms with E-state index in [0.29, 0.717) is 11.6 Å². The first-order valence-corrected chi connectivity index (χ1v) is 7.88. The number of carbonyl (C=O) groups is 3. The summed E-state index contributed by atoms with van der Waals surface area (Å²) in [5.41, 5.74) is -0.903. The lowest BCUT2D eigenvalue weighted by Gasteiger charge is -2.12. The number of carbonyl (C=O) groups excluding carboxylic acids is 3. The van der Waals surface area contributed by atoms with Gasteiger partial charge in [-0.1, -0.05) is 11.6 Å². The third kappa shape index (κ3) is 5.10. The van der Waals surface area contributed by atoms with Crippen molar-refractivity contribution in [3.8, 4) is 0 Å². The first-order valence-electron chi connectivity index (χ1n) is 7.50. The van der Waals surface area contributed by atoms with Crippen molar-refractivity contribution in [2.75, 3.05) is 11.9 Å². The summed E-state index contributed by atoms with van der Waals surface area (Å²) in [6.07, 6.45) is -3.17. The number of nitrogens with one attached hydrogen (secondary N) is 1. The van der Waals surface area contributed by atoms with Crippen molar-refractivity contribution >= 4 is 34.9 Å². The van der Waals surface area contributed by atoms with Crippen LogP contribution in [0, 0.1) is 0 Å². The second-order valence-electron chi connectivity index (χ2n) is 5.60. The Morgan fingerprint density at radius 3 is 2.44 bits per heavy atom. The summed E-state index contributed by atoms with van der Waals surface area (Å²) >= 11 is 5.78. The fourth-order valence-electron chi connectivity index (χ4n) is 2.15. The van der Waals surface area contributed by atoms with Gasteiger partial charge in [0.05, 0.1) is 16.3 Å². The van der Waals surface area contributed by atoms with E-state index < -0.39 is 30.2 Å². The van der Waals surface area contributed by atoms with Crippen LogP contribution in [0.3, 0.4) is 0 Å². The number of benzene rings is 1. The van der Waals surface area contributed by atoms with Crippen LogP contribution < -0.4 is 5.32 Å². The van der Waals surface area contributed by atoms with Gasteiger partial charge in [0, 0.05) is 18.8 Å². The molecule has 6 nitrogen and oxygen atoms in total. The van der Waals surface area contributed by atoms with Crippen LogP contribution in [-0.4, -0.2) is 28.8 Å². The van der Waals surface area contributed by atoms with E-state index in [2.05, 4.69) is 5.32 Å². The van der Waals surface area contributed by atoms with Gasteiger partial charge in [-0.05, 0) is 31.2 Å². The number of esters is 1. The van der Waals surface area contributed by atoms with Gasteiger partial charge < -0.3 is 14.6 Å². The topological polar surface area (TPSA) is 77.4 Å². The van der Waals surface area contributed by atoms with E-state index in [4.69, 9.17) is 16.3 Å². The molecule has 2 aromatic rings. The van der Waals surface area contributed by atoms with E-state index in [-0.39, 0.29) is 22.2 Å². The number of nitrogens with zero attached hydrogens (tertiary/aromatic N) is 1. The number of hydrogen-bond acceptors (Lipinski definition) is 4. The lowest BCUT2D eigenvalue weighted by molar-refractivity contribution is -0.137. The average molecular weight is 403 g/mol. The molecule has 1 heterocycles. The lowest BCUT2D eigenvalue weighted by Crippen LogP contribution is -2.22. The average Bonchev–Trinajstić information content (AvgIpc) is 2.96. The molecule has 0 spiro atoms. The van der Waals surface area contributed by atoms with Crippen LogP contribution in [0.25, 0.3) is 0 Å². The van der Waals surface area contributed by atoms with Gasteiger partial charge in [-0.3, -0.25) is 9.59 Å². The fraction of sp³-hybridized carbons (Fsp3) is 0.235. The molecule has 1 amide bonds. The van der Waals surface area contributed by atoms with Crippen molar-refractivity contribution in [3.63, 3.8) is 0 Å². The summed E-state index contributed by atoms with van der Waals surface area (Å²) < 4.78 is 44.4. The molecule has 1 aromatic carbocycles. The maximum absolute atomic E-state index is 12.7. The molecule has 0 saturated carbocycles. The molecule has 0 unspecified atom stereocenters. The zero-order valence-electron chi connectivity index (χ0n) is 14.2. The number of rotatable bonds is 5. The summed E-state index contributed by atoms with van der Waals surface area (Å²) in [6, 6.07) is 3.77. The standard InChI is InChI=1S/C17H14ClF3N2O4/c1-9(24)10-5-14(23(2)7-10)16(26)27-8-15(25)22-13-6-11(17(19,20)21)3-4-12(13)18/h3-7H,8H2,1-2H3,(H,22,25). The van der Waals surface area contributed by atoms with E-state index in [1.807, 2.05) is 0 Å². The molecular weight excluding hydrogens is 389 g/mol. The van der Waals surface area contributed by atoms with Crippen molar-refractivity contribution in [1.29, 1.82) is 0 Å². The number of aromatic nitrogens is 1. The van der Waals surface area contributed by atoms with Gasteiger partial charge in [0.25, 0.3) is 5.91 Å². The molecule has 0 radical (unpaired) electrons. The quantitative estimate of drug-likeness (QED) is 0.611. The third-order valence-electron chi connectivity index (χ3n) is 3.52. The number of ketones is 1. The van der Waals surface area contributed by atoms with E-state index in [9.17, 15) is 27.6 Å². The molecule has 0 bridgehead atoms. The van der Waals surface area contributed by atoms with Crippen molar-refractivity contribution in [2.24, 2.45) is 7.05 Å². The van der Waals surface area contributed by atoms with Crippen molar-refractivity contribution in [1.82, 2.24) is 4.57 Å². The molecule has 2 rings (SSSR count). The normalized spacial score (nSPS) is 11.2. The minimum absolute atomic E-state index is 0.0464. The largest absolute Gasteiger partial charge is 0.451 e. The van der Waals surface area contributed by atoms with Gasteiger partial charge in [-0.2, -0.15) is 13.2 Å². The smallest absolute Gasteiger partial charge is 0.416 e. The number of anilines is 1. The first kappa shape index (κ1) is 20.5. The molecule has 0 aliphatic heterocycles. The summed E-state index contributed by atoms with van der Waals surface area (Å²) in [4.78, 5) is 35.2. The Morgan fingerprint density at radius 2 is 1.89 bits per heavy atom. The number of amides is 1. The second-order valence-corrected chi connectivity index (χ2v) is 6.01. The summed E-state index contributed by atoms with van der Waals surface area (Å²) in [5, 5.41) is 2.06. The molecule has 10 heteroatoms. The summed E-state index contributed by atoms with van der Waals surface area (Å²) in [7, 11) is 1.52. The highest BCUT2D eigenvalue weighted by molar-refractivity contribution is 6.33. The zero-order valence-corrected chi connectivity index (χ0v) is 14.9. The Labute approximate surface area is 156 Å². The van der Waals surface area contributed by atoms with E-state index in [0.717, 1.165) is 12.1 Å². The molecule has 1 aromatic heterocycles. The fourth-order valence-corrected chi connectivity index (χ4v) is 2.31. The molecular formula is C17H14ClF3N2O4. The summed E-state index contributed by atoms with van der Waals surface area (Å²) in [5.74, 6) is -1.98. The maximum atomic E-state index is 12.7. The van der Waals surface area contributed by atoms with Gasteiger partial charge in [0.2, 0.25) is 0 Å². The monoisotopic (exact) mass is 402 g/mol. The van der Waals surface area contributed by atoms with Crippen LogP contribution in [0.4, 0.5) is 18.9 Å². The SMILES string of the molecule is CC(=O)c1cc(C(=O)OCC(=O)Nc2cc(C(F)(F)F)ccc2Cl)n(C)c1. The van der Waals surface area contributed by atoms with Crippen LogP contribution in [0.15, 0.2) is 30.5 Å². The van der Waals surface area contributed by atoms with Gasteiger partial charge in [0.1, 0.15) is 5.69 Å². The molecule has 0 saturated heterocycles. The molecule has 0 atom stereocenters. The van der Waals surface area contributed by atoms with E-state index in [1.165, 1.54) is 30.8 Å². The number of Topliss-reactive ketones (excluding diaryl/α,β-unsaturated/α-hetero) is 1. The van der Waals surface area contributed by atoms with Crippen LogP contribution in [-0.2, 0) is 22.8 Å². The molecule has 0 aliphatic carbocycles. The number of alkyl halides is 3. The Kier molecular flexibility index (Phi) is 5.94. The van der Waals surface area contributed by atoms with Crippen molar-refractivity contribution in [3.05, 3.63) is 52.3 Å². The van der Waals surface area contributed by atoms with Gasteiger partial charge in [0.15, 0.2) is 12.4 Å². The third-order valence-corrected chi connectivity index (χ3v) is 3.85. The molecule has 27 heavy (non-hydrogen) atoms. The molecule has 0 fully saturated rings. The number of ether oxygens (including phenoxy) is 1. The minimum atomic E-state index is -4.60. The Hall–Kier alpha value is -2.81. The Balaban J connectivity index is 2.02. The molecule has 0 aliphatic rings. The predicted octanol–water partition coefficient (Wildman–Crippen LogP) is 3.70. The summed E-state index contributed by atoms with van der Waals surface area (Å²) in [6.45, 7) is 0.586. The van der Waals surface area contributed by atoms with Crippen LogP contribution in [0.1, 0.15) is 33.3 Å². The highest BCUT2D eigenvalue weighted by atomic mass is 35.5. The van der Waals surface area contributed by atoms with Crippen LogP contribution in [0.2, 0.25) is 5.02 Å². The van der Waals surface area contributed by atoms with Gasteiger partial charge >= 0.3 is 12.1 Å². The highest BCUT2D eigenvalue weighted by Gasteiger charge is 2.31. The van der Waals surface area contributed by atoms with Crippen LogP contribution in [0.5, 0.6) is 0 Å². The Bertz CT molecular complexity index is 906. The molecule has 1 N–H and O–H groups in total. The van der Waals surface area contributed by atoms with Crippen LogP contribution >= 0.6 is 11.6 Å². The Morgan fingerprint density at radius 1 is 1.22 bits per heavy atom. The van der Waals surface area contributed by atoms with E-state index >= 15 is 0 Å². The van der Waals surface area contributed by atoms with Crippen molar-refractivity contribution < 1.29 is 32.3 Å². The lowest BCUT2D eigenvalue weighted by atomic mass is 10.2. The minimum Gasteiger partial charge on any atom is -0.451 e. The first-order chi connectivity index (χ1) is 12.5. The zero-order chi connectivity index (χ0) is 20.4. The van der Waals surface area contributed by atoms with Crippen molar-refractivity contribution in [2.45, 2.75) is 13.1 Å². The second kappa shape index (κ2) is 7.83.